The van der Waals surface area contributed by atoms with Crippen molar-refractivity contribution in [3.8, 4) is 0 Å². The van der Waals surface area contributed by atoms with Crippen LogP contribution in [0.4, 0.5) is 0 Å². The highest BCUT2D eigenvalue weighted by Gasteiger charge is 2.34. The van der Waals surface area contributed by atoms with Crippen LogP contribution >= 0.6 is 0 Å². The van der Waals surface area contributed by atoms with Gasteiger partial charge in [0, 0.05) is 18.2 Å². The van der Waals surface area contributed by atoms with E-state index in [0.29, 0.717) is 0 Å². The molecule has 0 aliphatic heterocycles. The summed E-state index contributed by atoms with van der Waals surface area (Å²) in [6, 6.07) is 5.47. The zero-order valence-corrected chi connectivity index (χ0v) is 13.0. The number of amides is 1. The van der Waals surface area contributed by atoms with Gasteiger partial charge in [-0.15, -0.1) is 0 Å². The average Bonchev–Trinajstić information content (AvgIpc) is 3.28. The van der Waals surface area contributed by atoms with Gasteiger partial charge in [0.05, 0.1) is 4.90 Å². The van der Waals surface area contributed by atoms with Crippen molar-refractivity contribution < 1.29 is 23.1 Å². The number of nitrogens with one attached hydrogen (secondary N) is 1. The van der Waals surface area contributed by atoms with Crippen LogP contribution in [-0.4, -0.2) is 49.4 Å². The number of sulfonamides is 1. The fraction of sp³-hybridized carbons (Fsp3) is 0.429. The molecule has 1 aromatic rings. The molecule has 1 saturated carbocycles. The average molecular weight is 326 g/mol. The molecule has 0 atom stereocenters. The molecular weight excluding hydrogens is 308 g/mol. The first-order valence-corrected chi connectivity index (χ1v) is 8.46. The normalized spacial score (nSPS) is 14.6. The van der Waals surface area contributed by atoms with E-state index >= 15 is 0 Å². The van der Waals surface area contributed by atoms with Crippen LogP contribution in [-0.2, 0) is 14.8 Å². The fourth-order valence-electron chi connectivity index (χ4n) is 2.11. The summed E-state index contributed by atoms with van der Waals surface area (Å²) < 4.78 is 26.0. The molecule has 1 aliphatic rings. The Morgan fingerprint density at radius 3 is 2.32 bits per heavy atom. The van der Waals surface area contributed by atoms with E-state index in [0.717, 1.165) is 12.8 Å². The van der Waals surface area contributed by atoms with Crippen LogP contribution in [0.3, 0.4) is 0 Å². The highest BCUT2D eigenvalue weighted by molar-refractivity contribution is 7.89. The van der Waals surface area contributed by atoms with Crippen LogP contribution in [0, 0.1) is 0 Å². The number of carbonyl (C=O) groups excluding carboxylic acids is 1. The maximum atomic E-state index is 12.3. The van der Waals surface area contributed by atoms with Crippen LogP contribution in [0.1, 0.15) is 30.1 Å². The van der Waals surface area contributed by atoms with Gasteiger partial charge in [-0.05, 0) is 37.1 Å². The third-order valence-corrected chi connectivity index (χ3v) is 4.86. The molecular formula is C14H18N2O5S. The van der Waals surface area contributed by atoms with E-state index in [-0.39, 0.29) is 29.6 Å². The number of hydrogen-bond donors (Lipinski definition) is 2. The summed E-state index contributed by atoms with van der Waals surface area (Å²) in [6.45, 7) is 1.60. The smallest absolute Gasteiger partial charge is 0.323 e. The van der Waals surface area contributed by atoms with E-state index in [2.05, 4.69) is 4.72 Å². The molecule has 8 heteroatoms. The predicted molar refractivity (Wildman–Crippen MR) is 79.0 cm³/mol. The number of hydrogen-bond acceptors (Lipinski definition) is 4. The van der Waals surface area contributed by atoms with Gasteiger partial charge in [-0.3, -0.25) is 9.59 Å². The maximum Gasteiger partial charge on any atom is 0.323 e. The number of carboxylic acid groups (broad SMARTS) is 1. The first kappa shape index (κ1) is 16.4. The Bertz CT molecular complexity index is 665. The third kappa shape index (κ3) is 3.83. The first-order valence-electron chi connectivity index (χ1n) is 6.97. The van der Waals surface area contributed by atoms with Crippen molar-refractivity contribution in [1.29, 1.82) is 0 Å². The quantitative estimate of drug-likeness (QED) is 0.766. The summed E-state index contributed by atoms with van der Waals surface area (Å²) in [5, 5.41) is 8.88. The summed E-state index contributed by atoms with van der Waals surface area (Å²) in [7, 11) is -3.57. The second-order valence-corrected chi connectivity index (χ2v) is 6.85. The van der Waals surface area contributed by atoms with Crippen molar-refractivity contribution in [2.75, 3.05) is 13.1 Å². The van der Waals surface area contributed by atoms with Gasteiger partial charge in [0.15, 0.2) is 0 Å². The summed E-state index contributed by atoms with van der Waals surface area (Å²) in [5.74, 6) is -1.45. The minimum Gasteiger partial charge on any atom is -0.480 e. The van der Waals surface area contributed by atoms with Gasteiger partial charge in [-0.2, -0.15) is 0 Å². The van der Waals surface area contributed by atoms with Gasteiger partial charge in [0.1, 0.15) is 6.54 Å². The predicted octanol–water partition coefficient (Wildman–Crippen LogP) is 0.674. The van der Waals surface area contributed by atoms with Gasteiger partial charge in [0.2, 0.25) is 10.0 Å². The van der Waals surface area contributed by atoms with Gasteiger partial charge < -0.3 is 10.0 Å². The lowest BCUT2D eigenvalue weighted by Crippen LogP contribution is -2.37. The van der Waals surface area contributed by atoms with Crippen molar-refractivity contribution >= 4 is 21.9 Å². The van der Waals surface area contributed by atoms with E-state index in [9.17, 15) is 18.0 Å². The number of aliphatic carboxylic acids is 1. The molecule has 120 valence electrons. The van der Waals surface area contributed by atoms with E-state index in [1.807, 2.05) is 0 Å². The molecule has 7 nitrogen and oxygen atoms in total. The Hall–Kier alpha value is -1.93. The zero-order chi connectivity index (χ0) is 16.3. The Balaban J connectivity index is 2.18. The van der Waals surface area contributed by atoms with Crippen molar-refractivity contribution in [1.82, 2.24) is 9.62 Å². The fourth-order valence-corrected chi connectivity index (χ4v) is 3.16. The molecule has 2 rings (SSSR count). The van der Waals surface area contributed by atoms with Gasteiger partial charge in [-0.25, -0.2) is 13.1 Å². The zero-order valence-electron chi connectivity index (χ0n) is 12.2. The summed E-state index contributed by atoms with van der Waals surface area (Å²) in [6.07, 6.45) is 1.60. The Morgan fingerprint density at radius 2 is 1.86 bits per heavy atom. The van der Waals surface area contributed by atoms with Crippen molar-refractivity contribution in [3.05, 3.63) is 29.8 Å². The van der Waals surface area contributed by atoms with Crippen LogP contribution in [0.2, 0.25) is 0 Å². The molecule has 0 saturated heterocycles. The molecule has 0 spiro atoms. The monoisotopic (exact) mass is 326 g/mol. The molecule has 2 N–H and O–H groups in total. The molecule has 22 heavy (non-hydrogen) atoms. The van der Waals surface area contributed by atoms with Crippen molar-refractivity contribution in [2.45, 2.75) is 30.7 Å². The van der Waals surface area contributed by atoms with Gasteiger partial charge >= 0.3 is 5.97 Å². The second-order valence-electron chi connectivity index (χ2n) is 5.08. The molecule has 0 aromatic heterocycles. The summed E-state index contributed by atoms with van der Waals surface area (Å²) >= 11 is 0. The first-order chi connectivity index (χ1) is 10.3. The number of rotatable bonds is 7. The van der Waals surface area contributed by atoms with Crippen LogP contribution in [0.5, 0.6) is 0 Å². The third-order valence-electron chi connectivity index (χ3n) is 3.30. The summed E-state index contributed by atoms with van der Waals surface area (Å²) in [4.78, 5) is 24.6. The van der Waals surface area contributed by atoms with E-state index in [1.165, 1.54) is 29.2 Å². The lowest BCUT2D eigenvalue weighted by atomic mass is 10.2. The van der Waals surface area contributed by atoms with Gasteiger partial charge in [-0.1, -0.05) is 6.92 Å². The van der Waals surface area contributed by atoms with Crippen molar-refractivity contribution in [3.63, 3.8) is 0 Å². The highest BCUT2D eigenvalue weighted by atomic mass is 32.2. The lowest BCUT2D eigenvalue weighted by molar-refractivity contribution is -0.137. The number of carboxylic acids is 1. The molecule has 1 fully saturated rings. The van der Waals surface area contributed by atoms with Gasteiger partial charge in [0.25, 0.3) is 5.91 Å². The van der Waals surface area contributed by atoms with Crippen molar-refractivity contribution in [2.24, 2.45) is 0 Å². The maximum absolute atomic E-state index is 12.3. The number of nitrogens with zero attached hydrogens (tertiary/aromatic N) is 1. The Labute approximate surface area is 129 Å². The Morgan fingerprint density at radius 1 is 1.27 bits per heavy atom. The summed E-state index contributed by atoms with van der Waals surface area (Å²) in [5.41, 5.74) is 0.281. The van der Waals surface area contributed by atoms with E-state index in [4.69, 9.17) is 5.11 Å². The molecule has 0 heterocycles. The largest absolute Gasteiger partial charge is 0.480 e. The van der Waals surface area contributed by atoms with Crippen LogP contribution < -0.4 is 4.72 Å². The SMILES string of the molecule is CCNS(=O)(=O)c1ccc(C(=O)N(CC(=O)O)C2CC2)cc1. The second kappa shape index (κ2) is 6.45. The molecule has 0 unspecified atom stereocenters. The Kier molecular flexibility index (Phi) is 4.82. The minimum atomic E-state index is -3.57. The molecule has 0 radical (unpaired) electrons. The molecule has 1 aliphatic carbocycles. The lowest BCUT2D eigenvalue weighted by Gasteiger charge is -2.20. The van der Waals surface area contributed by atoms with E-state index in [1.54, 1.807) is 6.92 Å². The standard InChI is InChI=1S/C14H18N2O5S/c1-2-15-22(20,21)12-7-3-10(4-8-12)14(19)16(9-13(17)18)11-5-6-11/h3-4,7-8,11,15H,2,5-6,9H2,1H3,(H,17,18). The highest BCUT2D eigenvalue weighted by Crippen LogP contribution is 2.28. The minimum absolute atomic E-state index is 0.0335. The number of carbonyl (C=O) groups is 2. The molecule has 0 bridgehead atoms. The van der Waals surface area contributed by atoms with Crippen LogP contribution in [0.15, 0.2) is 29.2 Å². The van der Waals surface area contributed by atoms with E-state index < -0.39 is 21.9 Å². The molecule has 1 aromatic carbocycles. The topological polar surface area (TPSA) is 104 Å². The number of benzene rings is 1. The van der Waals surface area contributed by atoms with Crippen LogP contribution in [0.25, 0.3) is 0 Å². The molecule has 1 amide bonds.